The zero-order valence-corrected chi connectivity index (χ0v) is 20.4. The number of aliphatic hydroxyl groups is 1. The number of rotatable bonds is 7. The van der Waals surface area contributed by atoms with Crippen molar-refractivity contribution in [3.8, 4) is 5.75 Å². The van der Waals surface area contributed by atoms with Gasteiger partial charge in [0, 0.05) is 23.2 Å². The number of sulfonamides is 1. The van der Waals surface area contributed by atoms with E-state index in [0.717, 1.165) is 31.2 Å². The molecule has 5 rings (SSSR count). The Labute approximate surface area is 206 Å². The molecule has 35 heavy (non-hydrogen) atoms. The second kappa shape index (κ2) is 10.2. The molecule has 188 valence electrons. The maximum absolute atomic E-state index is 12.8. The molecule has 4 atom stereocenters. The number of nitrogens with one attached hydrogen (secondary N) is 2. The van der Waals surface area contributed by atoms with Gasteiger partial charge in [0.1, 0.15) is 18.0 Å². The number of anilines is 1. The molecule has 0 aromatic heterocycles. The summed E-state index contributed by atoms with van der Waals surface area (Å²) in [6, 6.07) is 13.6. The van der Waals surface area contributed by atoms with E-state index in [2.05, 4.69) is 10.0 Å². The van der Waals surface area contributed by atoms with E-state index >= 15 is 0 Å². The fourth-order valence-corrected chi connectivity index (χ4v) is 6.58. The average molecular weight is 501 g/mol. The first kappa shape index (κ1) is 24.1. The van der Waals surface area contributed by atoms with Gasteiger partial charge < -0.3 is 19.9 Å². The lowest BCUT2D eigenvalue weighted by Gasteiger charge is -2.37. The summed E-state index contributed by atoms with van der Waals surface area (Å²) in [5.74, 6) is 0.516. The highest BCUT2D eigenvalue weighted by Gasteiger charge is 2.46. The van der Waals surface area contributed by atoms with Gasteiger partial charge in [-0.3, -0.25) is 9.52 Å². The van der Waals surface area contributed by atoms with Crippen molar-refractivity contribution >= 4 is 21.6 Å². The smallest absolute Gasteiger partial charge is 0.261 e. The molecule has 0 spiro atoms. The fourth-order valence-electron chi connectivity index (χ4n) is 5.51. The number of hydrogen-bond donors (Lipinski definition) is 3. The molecule has 1 saturated heterocycles. The number of aliphatic hydroxyl groups excluding tert-OH is 1. The van der Waals surface area contributed by atoms with Crippen molar-refractivity contribution in [1.82, 2.24) is 5.32 Å². The highest BCUT2D eigenvalue weighted by Crippen LogP contribution is 2.47. The Morgan fingerprint density at radius 1 is 1.06 bits per heavy atom. The monoisotopic (exact) mass is 500 g/mol. The Bertz CT molecular complexity index is 1150. The molecular weight excluding hydrogens is 468 g/mol. The molecule has 3 N–H and O–H groups in total. The lowest BCUT2D eigenvalue weighted by atomic mass is 9.84. The molecule has 1 saturated carbocycles. The van der Waals surface area contributed by atoms with E-state index in [9.17, 15) is 18.3 Å². The zero-order chi connectivity index (χ0) is 24.4. The largest absolute Gasteiger partial charge is 0.487 e. The first-order chi connectivity index (χ1) is 16.9. The van der Waals surface area contributed by atoms with Gasteiger partial charge >= 0.3 is 0 Å². The van der Waals surface area contributed by atoms with E-state index in [-0.39, 0.29) is 48.0 Å². The summed E-state index contributed by atoms with van der Waals surface area (Å²) >= 11 is 0. The number of benzene rings is 2. The number of ether oxygens (including phenoxy) is 2. The van der Waals surface area contributed by atoms with Crippen LogP contribution in [0.5, 0.6) is 5.75 Å². The van der Waals surface area contributed by atoms with Crippen LogP contribution < -0.4 is 14.8 Å². The van der Waals surface area contributed by atoms with E-state index in [4.69, 9.17) is 9.47 Å². The van der Waals surface area contributed by atoms with Gasteiger partial charge in [-0.25, -0.2) is 8.42 Å². The Kier molecular flexibility index (Phi) is 7.00. The SMILES string of the molecule is O=C(C[C@@H]1C[C@@H]2c3cc(NS(=O)(=O)c4ccccc4)ccc3O[C@@H]2[C@H](CO)O1)NC1CCCCC1. The van der Waals surface area contributed by atoms with E-state index in [0.29, 0.717) is 17.9 Å². The van der Waals surface area contributed by atoms with Crippen molar-refractivity contribution in [2.45, 2.75) is 80.1 Å². The lowest BCUT2D eigenvalue weighted by molar-refractivity contribution is -0.142. The van der Waals surface area contributed by atoms with Crippen LogP contribution in [0.4, 0.5) is 5.69 Å². The first-order valence-electron chi connectivity index (χ1n) is 12.4. The number of fused-ring (bicyclic) bond motifs is 3. The molecule has 2 fully saturated rings. The molecule has 8 nitrogen and oxygen atoms in total. The van der Waals surface area contributed by atoms with Crippen molar-refractivity contribution in [2.24, 2.45) is 0 Å². The summed E-state index contributed by atoms with van der Waals surface area (Å²) in [6.07, 6.45) is 5.05. The van der Waals surface area contributed by atoms with Gasteiger partial charge in [-0.1, -0.05) is 37.5 Å². The van der Waals surface area contributed by atoms with Crippen LogP contribution in [-0.2, 0) is 19.6 Å². The summed E-state index contributed by atoms with van der Waals surface area (Å²) in [5, 5.41) is 13.1. The molecule has 1 aliphatic carbocycles. The van der Waals surface area contributed by atoms with E-state index < -0.39 is 16.1 Å². The van der Waals surface area contributed by atoms with Gasteiger partial charge in [-0.2, -0.15) is 0 Å². The Morgan fingerprint density at radius 2 is 1.83 bits per heavy atom. The number of carbonyl (C=O) groups is 1. The summed E-state index contributed by atoms with van der Waals surface area (Å²) in [5.41, 5.74) is 1.30. The molecular formula is C26H32N2O6S. The average Bonchev–Trinajstić information content (AvgIpc) is 3.22. The molecule has 2 aliphatic heterocycles. The minimum absolute atomic E-state index is 0.0273. The van der Waals surface area contributed by atoms with Crippen LogP contribution in [0.25, 0.3) is 0 Å². The number of hydrogen-bond acceptors (Lipinski definition) is 6. The van der Waals surface area contributed by atoms with Gasteiger partial charge in [0.05, 0.1) is 24.0 Å². The third kappa shape index (κ3) is 5.32. The van der Waals surface area contributed by atoms with Gasteiger partial charge in [0.25, 0.3) is 10.0 Å². The summed E-state index contributed by atoms with van der Waals surface area (Å²) in [4.78, 5) is 12.9. The molecule has 3 aliphatic rings. The van der Waals surface area contributed by atoms with Crippen molar-refractivity contribution in [3.05, 3.63) is 54.1 Å². The molecule has 2 heterocycles. The maximum atomic E-state index is 12.8. The number of carbonyl (C=O) groups excluding carboxylic acids is 1. The maximum Gasteiger partial charge on any atom is 0.261 e. The second-order valence-electron chi connectivity index (χ2n) is 9.68. The predicted molar refractivity (Wildman–Crippen MR) is 131 cm³/mol. The minimum Gasteiger partial charge on any atom is -0.487 e. The van der Waals surface area contributed by atoms with Crippen LogP contribution in [0.1, 0.15) is 56.4 Å². The summed E-state index contributed by atoms with van der Waals surface area (Å²) in [7, 11) is -3.72. The van der Waals surface area contributed by atoms with Crippen LogP contribution >= 0.6 is 0 Å². The van der Waals surface area contributed by atoms with Crippen LogP contribution in [0.3, 0.4) is 0 Å². The molecule has 2 aromatic rings. The van der Waals surface area contributed by atoms with Crippen molar-refractivity contribution < 1.29 is 27.8 Å². The third-order valence-electron chi connectivity index (χ3n) is 7.19. The van der Waals surface area contributed by atoms with E-state index in [1.165, 1.54) is 6.42 Å². The van der Waals surface area contributed by atoms with E-state index in [1.807, 2.05) is 0 Å². The van der Waals surface area contributed by atoms with Crippen molar-refractivity contribution in [1.29, 1.82) is 0 Å². The molecule has 0 radical (unpaired) electrons. The number of amides is 1. The lowest BCUT2D eigenvalue weighted by Crippen LogP contribution is -2.48. The fraction of sp³-hybridized carbons (Fsp3) is 0.500. The first-order valence-corrected chi connectivity index (χ1v) is 13.9. The highest BCUT2D eigenvalue weighted by molar-refractivity contribution is 7.92. The predicted octanol–water partition coefficient (Wildman–Crippen LogP) is 3.32. The van der Waals surface area contributed by atoms with Gasteiger partial charge in [0.15, 0.2) is 0 Å². The molecule has 1 amide bonds. The molecule has 0 unspecified atom stereocenters. The van der Waals surface area contributed by atoms with Gasteiger partial charge in [-0.15, -0.1) is 0 Å². The van der Waals surface area contributed by atoms with Gasteiger partial charge in [0.2, 0.25) is 5.91 Å². The molecule has 9 heteroatoms. The quantitative estimate of drug-likeness (QED) is 0.538. The normalized spacial score (nSPS) is 26.3. The summed E-state index contributed by atoms with van der Waals surface area (Å²) < 4.78 is 40.4. The van der Waals surface area contributed by atoms with Crippen LogP contribution in [0, 0.1) is 0 Å². The third-order valence-corrected chi connectivity index (χ3v) is 8.59. The van der Waals surface area contributed by atoms with Crippen LogP contribution in [0.2, 0.25) is 0 Å². The topological polar surface area (TPSA) is 114 Å². The standard InChI is InChI=1S/C26H32N2O6S/c29-16-24-26-22(14-19(33-24)15-25(30)27-17-7-3-1-4-8-17)21-13-18(11-12-23(21)34-26)28-35(31,32)20-9-5-2-6-10-20/h2,5-6,9-13,17,19,22,24,26,28-29H,1,3-4,7-8,14-16H2,(H,27,30)/t19-,22+,24-,26-/m0/s1. The van der Waals surface area contributed by atoms with E-state index in [1.54, 1.807) is 48.5 Å². The minimum atomic E-state index is -3.72. The Balaban J connectivity index is 1.30. The summed E-state index contributed by atoms with van der Waals surface area (Å²) in [6.45, 7) is -0.219. The Morgan fingerprint density at radius 3 is 2.57 bits per heavy atom. The second-order valence-corrected chi connectivity index (χ2v) is 11.4. The Hall–Kier alpha value is -2.62. The molecule has 0 bridgehead atoms. The van der Waals surface area contributed by atoms with Crippen molar-refractivity contribution in [3.63, 3.8) is 0 Å². The van der Waals surface area contributed by atoms with Gasteiger partial charge in [-0.05, 0) is 49.6 Å². The highest BCUT2D eigenvalue weighted by atomic mass is 32.2. The van der Waals surface area contributed by atoms with Crippen LogP contribution in [-0.4, -0.2) is 50.4 Å². The van der Waals surface area contributed by atoms with Crippen LogP contribution in [0.15, 0.2) is 53.4 Å². The molecule has 2 aromatic carbocycles. The zero-order valence-electron chi connectivity index (χ0n) is 19.6. The van der Waals surface area contributed by atoms with Crippen molar-refractivity contribution in [2.75, 3.05) is 11.3 Å².